The Kier molecular flexibility index (Phi) is 12.6. The first-order valence-corrected chi connectivity index (χ1v) is 8.04. The SMILES string of the molecule is C=C(C)C(=O)OC(CCCCF)CCCCCCCC. The molecule has 0 heterocycles. The number of carbonyl (C=O) groups excluding carboxylic acids is 1. The number of unbranched alkanes of at least 4 members (excludes halogenated alkanes) is 6. The lowest BCUT2D eigenvalue weighted by molar-refractivity contribution is -0.145. The minimum absolute atomic E-state index is 0.0723. The zero-order valence-electron chi connectivity index (χ0n) is 13.3. The molecule has 0 spiro atoms. The van der Waals surface area contributed by atoms with Crippen LogP contribution in [0.25, 0.3) is 0 Å². The van der Waals surface area contributed by atoms with Gasteiger partial charge in [-0.15, -0.1) is 0 Å². The first kappa shape index (κ1) is 19.1. The first-order chi connectivity index (χ1) is 9.61. The van der Waals surface area contributed by atoms with Crippen LogP contribution in [0.3, 0.4) is 0 Å². The minimum Gasteiger partial charge on any atom is -0.459 e. The first-order valence-electron chi connectivity index (χ1n) is 8.04. The molecule has 0 saturated carbocycles. The number of esters is 1. The molecule has 20 heavy (non-hydrogen) atoms. The molecule has 0 aromatic rings. The maximum absolute atomic E-state index is 12.1. The van der Waals surface area contributed by atoms with Crippen molar-refractivity contribution in [1.82, 2.24) is 0 Å². The molecule has 118 valence electrons. The van der Waals surface area contributed by atoms with Crippen molar-refractivity contribution in [3.8, 4) is 0 Å². The van der Waals surface area contributed by atoms with Crippen LogP contribution in [0.4, 0.5) is 4.39 Å². The Morgan fingerprint density at radius 2 is 1.60 bits per heavy atom. The average molecular weight is 286 g/mol. The second-order valence-corrected chi connectivity index (χ2v) is 5.55. The number of carbonyl (C=O) groups is 1. The smallest absolute Gasteiger partial charge is 0.333 e. The molecule has 0 aliphatic rings. The molecule has 2 nitrogen and oxygen atoms in total. The third-order valence-corrected chi connectivity index (χ3v) is 3.41. The molecule has 0 N–H and O–H groups in total. The van der Waals surface area contributed by atoms with Crippen LogP contribution in [0.1, 0.15) is 78.1 Å². The molecule has 0 radical (unpaired) electrons. The standard InChI is InChI=1S/C17H31FO2/c1-4-5-6-7-8-9-12-16(13-10-11-14-18)20-17(19)15(2)3/h16H,2,4-14H2,1,3H3. The summed E-state index contributed by atoms with van der Waals surface area (Å²) in [5, 5.41) is 0. The molecule has 0 bridgehead atoms. The summed E-state index contributed by atoms with van der Waals surface area (Å²) in [6.45, 7) is 7.17. The number of ether oxygens (including phenoxy) is 1. The second kappa shape index (κ2) is 13.1. The van der Waals surface area contributed by atoms with Gasteiger partial charge in [0.25, 0.3) is 0 Å². The van der Waals surface area contributed by atoms with E-state index in [1.165, 1.54) is 32.1 Å². The number of rotatable bonds is 13. The van der Waals surface area contributed by atoms with Gasteiger partial charge in [-0.25, -0.2) is 4.79 Å². The molecular formula is C17H31FO2. The fraction of sp³-hybridized carbons (Fsp3) is 0.824. The molecule has 0 saturated heterocycles. The highest BCUT2D eigenvalue weighted by molar-refractivity contribution is 5.87. The molecule has 0 aromatic carbocycles. The van der Waals surface area contributed by atoms with Gasteiger partial charge in [0.15, 0.2) is 0 Å². The van der Waals surface area contributed by atoms with Gasteiger partial charge in [-0.1, -0.05) is 45.6 Å². The third-order valence-electron chi connectivity index (χ3n) is 3.41. The van der Waals surface area contributed by atoms with Crippen molar-refractivity contribution in [2.45, 2.75) is 84.2 Å². The fourth-order valence-corrected chi connectivity index (χ4v) is 2.13. The zero-order chi connectivity index (χ0) is 15.2. The van der Waals surface area contributed by atoms with Crippen LogP contribution < -0.4 is 0 Å². The normalized spacial score (nSPS) is 12.2. The molecule has 1 unspecified atom stereocenters. The van der Waals surface area contributed by atoms with E-state index in [-0.39, 0.29) is 18.7 Å². The summed E-state index contributed by atoms with van der Waals surface area (Å²) in [5.41, 5.74) is 0.434. The maximum atomic E-state index is 12.1. The second-order valence-electron chi connectivity index (χ2n) is 5.55. The highest BCUT2D eigenvalue weighted by atomic mass is 19.1. The molecule has 0 aromatic heterocycles. The Morgan fingerprint density at radius 1 is 1.05 bits per heavy atom. The predicted octanol–water partition coefficient (Wildman–Crippen LogP) is 5.36. The van der Waals surface area contributed by atoms with Gasteiger partial charge in [0.1, 0.15) is 6.10 Å². The van der Waals surface area contributed by atoms with Gasteiger partial charge in [-0.3, -0.25) is 4.39 Å². The van der Waals surface area contributed by atoms with E-state index in [2.05, 4.69) is 13.5 Å². The fourth-order valence-electron chi connectivity index (χ4n) is 2.13. The monoisotopic (exact) mass is 286 g/mol. The van der Waals surface area contributed by atoms with Crippen LogP contribution in [0.5, 0.6) is 0 Å². The quantitative estimate of drug-likeness (QED) is 0.259. The van der Waals surface area contributed by atoms with E-state index in [0.29, 0.717) is 12.0 Å². The van der Waals surface area contributed by atoms with E-state index in [1.54, 1.807) is 6.92 Å². The van der Waals surface area contributed by atoms with Gasteiger partial charge >= 0.3 is 5.97 Å². The predicted molar refractivity (Wildman–Crippen MR) is 82.5 cm³/mol. The highest BCUT2D eigenvalue weighted by Crippen LogP contribution is 2.16. The summed E-state index contributed by atoms with van der Waals surface area (Å²) in [6, 6.07) is 0. The topological polar surface area (TPSA) is 26.3 Å². The van der Waals surface area contributed by atoms with Gasteiger partial charge < -0.3 is 4.74 Å². The molecule has 0 amide bonds. The summed E-state index contributed by atoms with van der Waals surface area (Å²) in [7, 11) is 0. The highest BCUT2D eigenvalue weighted by Gasteiger charge is 2.14. The van der Waals surface area contributed by atoms with Crippen LogP contribution in [-0.4, -0.2) is 18.7 Å². The van der Waals surface area contributed by atoms with Crippen molar-refractivity contribution in [2.75, 3.05) is 6.67 Å². The van der Waals surface area contributed by atoms with E-state index in [9.17, 15) is 9.18 Å². The molecule has 0 rings (SSSR count). The molecule has 1 atom stereocenters. The maximum Gasteiger partial charge on any atom is 0.333 e. The number of alkyl halides is 1. The van der Waals surface area contributed by atoms with Crippen molar-refractivity contribution in [1.29, 1.82) is 0 Å². The van der Waals surface area contributed by atoms with Crippen LogP contribution in [0.15, 0.2) is 12.2 Å². The van der Waals surface area contributed by atoms with Gasteiger partial charge in [-0.05, 0) is 39.0 Å². The summed E-state index contributed by atoms with van der Waals surface area (Å²) >= 11 is 0. The van der Waals surface area contributed by atoms with Crippen LogP contribution in [0, 0.1) is 0 Å². The average Bonchev–Trinajstić information content (AvgIpc) is 2.42. The van der Waals surface area contributed by atoms with Crippen molar-refractivity contribution in [3.05, 3.63) is 12.2 Å². The van der Waals surface area contributed by atoms with Gasteiger partial charge in [-0.2, -0.15) is 0 Å². The largest absolute Gasteiger partial charge is 0.459 e. The van der Waals surface area contributed by atoms with E-state index in [4.69, 9.17) is 4.74 Å². The van der Waals surface area contributed by atoms with Crippen LogP contribution in [0.2, 0.25) is 0 Å². The van der Waals surface area contributed by atoms with Crippen molar-refractivity contribution in [3.63, 3.8) is 0 Å². The summed E-state index contributed by atoms with van der Waals surface area (Å²) in [4.78, 5) is 11.6. The molecule has 0 aliphatic heterocycles. The Balaban J connectivity index is 3.91. The van der Waals surface area contributed by atoms with E-state index >= 15 is 0 Å². The summed E-state index contributed by atoms with van der Waals surface area (Å²) in [6.07, 6.45) is 10.3. The minimum atomic E-state index is -0.318. The lowest BCUT2D eigenvalue weighted by Crippen LogP contribution is -2.18. The number of halogens is 1. The van der Waals surface area contributed by atoms with E-state index in [0.717, 1.165) is 25.7 Å². The Hall–Kier alpha value is -0.860. The summed E-state index contributed by atoms with van der Waals surface area (Å²) in [5.74, 6) is -0.318. The van der Waals surface area contributed by atoms with Crippen LogP contribution in [-0.2, 0) is 9.53 Å². The zero-order valence-corrected chi connectivity index (χ0v) is 13.3. The number of hydrogen-bond donors (Lipinski definition) is 0. The van der Waals surface area contributed by atoms with Crippen LogP contribution >= 0.6 is 0 Å². The van der Waals surface area contributed by atoms with Gasteiger partial charge in [0.05, 0.1) is 6.67 Å². The molecule has 0 aliphatic carbocycles. The van der Waals surface area contributed by atoms with Crippen molar-refractivity contribution < 1.29 is 13.9 Å². The molecule has 0 fully saturated rings. The lowest BCUT2D eigenvalue weighted by atomic mass is 10.0. The van der Waals surface area contributed by atoms with Crippen molar-refractivity contribution >= 4 is 5.97 Å². The van der Waals surface area contributed by atoms with Crippen molar-refractivity contribution in [2.24, 2.45) is 0 Å². The molecular weight excluding hydrogens is 255 g/mol. The van der Waals surface area contributed by atoms with Gasteiger partial charge in [0.2, 0.25) is 0 Å². The Bertz CT molecular complexity index is 264. The Labute approximate surface area is 123 Å². The van der Waals surface area contributed by atoms with E-state index in [1.807, 2.05) is 0 Å². The third kappa shape index (κ3) is 11.0. The lowest BCUT2D eigenvalue weighted by Gasteiger charge is -2.17. The van der Waals surface area contributed by atoms with Gasteiger partial charge in [0, 0.05) is 5.57 Å². The van der Waals surface area contributed by atoms with E-state index < -0.39 is 0 Å². The summed E-state index contributed by atoms with van der Waals surface area (Å²) < 4.78 is 17.6. The Morgan fingerprint density at radius 3 is 2.15 bits per heavy atom. The molecule has 3 heteroatoms. The number of hydrogen-bond acceptors (Lipinski definition) is 2.